The first kappa shape index (κ1) is 13.7. The van der Waals surface area contributed by atoms with Crippen LogP contribution in [-0.4, -0.2) is 5.78 Å². The normalized spacial score (nSPS) is 10.5. The number of rotatable bonds is 3. The number of hydrogen-bond donors (Lipinski definition) is 0. The third kappa shape index (κ3) is 2.99. The van der Waals surface area contributed by atoms with E-state index in [0.29, 0.717) is 10.6 Å². The van der Waals surface area contributed by atoms with Gasteiger partial charge in [-0.15, -0.1) is 0 Å². The van der Waals surface area contributed by atoms with Gasteiger partial charge in [-0.05, 0) is 36.2 Å². The highest BCUT2D eigenvalue weighted by atomic mass is 35.5. The van der Waals surface area contributed by atoms with Crippen LogP contribution in [0.2, 0.25) is 5.02 Å². The van der Waals surface area contributed by atoms with Crippen LogP contribution >= 0.6 is 11.6 Å². The maximum Gasteiger partial charge on any atom is 0.170 e. The predicted molar refractivity (Wildman–Crippen MR) is 70.6 cm³/mol. The van der Waals surface area contributed by atoms with Gasteiger partial charge in [0.1, 0.15) is 0 Å². The summed E-state index contributed by atoms with van der Waals surface area (Å²) in [6, 6.07) is 8.81. The summed E-state index contributed by atoms with van der Waals surface area (Å²) in [7, 11) is 0. The molecule has 0 fully saturated rings. The summed E-state index contributed by atoms with van der Waals surface area (Å²) in [4.78, 5) is 12.0. The molecule has 0 aromatic heterocycles. The van der Waals surface area contributed by atoms with Crippen LogP contribution in [-0.2, 0) is 6.42 Å². The lowest BCUT2D eigenvalue weighted by molar-refractivity contribution is 0.0988. The highest BCUT2D eigenvalue weighted by Crippen LogP contribution is 2.21. The molecule has 0 saturated heterocycles. The van der Waals surface area contributed by atoms with Crippen LogP contribution in [0.4, 0.5) is 8.78 Å². The summed E-state index contributed by atoms with van der Waals surface area (Å²) in [6.45, 7) is 1.88. The second-order valence-corrected chi connectivity index (χ2v) is 4.70. The maximum absolute atomic E-state index is 13.5. The van der Waals surface area contributed by atoms with Gasteiger partial charge in [0.05, 0.1) is 5.56 Å². The fraction of sp³-hybridized carbons (Fsp3) is 0.133. The molecule has 2 aromatic carbocycles. The number of carbonyl (C=O) groups is 1. The first-order valence-corrected chi connectivity index (χ1v) is 6.09. The molecule has 2 aromatic rings. The van der Waals surface area contributed by atoms with Gasteiger partial charge in [0, 0.05) is 11.4 Å². The largest absolute Gasteiger partial charge is 0.294 e. The molecule has 4 heteroatoms. The molecule has 0 aliphatic heterocycles. The van der Waals surface area contributed by atoms with Crippen molar-refractivity contribution < 1.29 is 13.6 Å². The summed E-state index contributed by atoms with van der Waals surface area (Å²) in [5, 5.41) is 0.449. The molecule has 0 bridgehead atoms. The lowest BCUT2D eigenvalue weighted by Crippen LogP contribution is -2.08. The lowest BCUT2D eigenvalue weighted by atomic mass is 10.0. The van der Waals surface area contributed by atoms with E-state index in [1.165, 1.54) is 12.1 Å². The van der Waals surface area contributed by atoms with E-state index in [1.54, 1.807) is 12.1 Å². The number of benzene rings is 2. The van der Waals surface area contributed by atoms with Crippen molar-refractivity contribution in [3.8, 4) is 0 Å². The molecule has 0 unspecified atom stereocenters. The van der Waals surface area contributed by atoms with Crippen molar-refractivity contribution in [2.24, 2.45) is 0 Å². The quantitative estimate of drug-likeness (QED) is 0.764. The molecule has 0 saturated carbocycles. The van der Waals surface area contributed by atoms with Crippen molar-refractivity contribution in [3.05, 3.63) is 69.7 Å². The van der Waals surface area contributed by atoms with Crippen molar-refractivity contribution in [1.82, 2.24) is 0 Å². The van der Waals surface area contributed by atoms with Crippen LogP contribution in [0.3, 0.4) is 0 Å². The van der Waals surface area contributed by atoms with Gasteiger partial charge in [0.25, 0.3) is 0 Å². The Hall–Kier alpha value is -1.74. The average molecular weight is 281 g/mol. The van der Waals surface area contributed by atoms with E-state index < -0.39 is 17.4 Å². The third-order valence-electron chi connectivity index (χ3n) is 2.81. The van der Waals surface area contributed by atoms with E-state index in [4.69, 9.17) is 11.6 Å². The second kappa shape index (κ2) is 5.49. The first-order valence-electron chi connectivity index (χ1n) is 5.71. The van der Waals surface area contributed by atoms with Crippen LogP contribution in [0.15, 0.2) is 36.4 Å². The van der Waals surface area contributed by atoms with Gasteiger partial charge in [-0.25, -0.2) is 8.78 Å². The van der Waals surface area contributed by atoms with Gasteiger partial charge < -0.3 is 0 Å². The van der Waals surface area contributed by atoms with Gasteiger partial charge in [-0.3, -0.25) is 4.79 Å². The average Bonchev–Trinajstić information content (AvgIpc) is 2.36. The fourth-order valence-corrected chi connectivity index (χ4v) is 2.08. The first-order chi connectivity index (χ1) is 8.99. The van der Waals surface area contributed by atoms with E-state index in [2.05, 4.69) is 0 Å². The Kier molecular flexibility index (Phi) is 3.96. The molecule has 19 heavy (non-hydrogen) atoms. The molecular formula is C15H11ClF2O. The Balaban J connectivity index is 2.28. The van der Waals surface area contributed by atoms with Gasteiger partial charge >= 0.3 is 0 Å². The predicted octanol–water partition coefficient (Wildman–Crippen LogP) is 4.35. The summed E-state index contributed by atoms with van der Waals surface area (Å²) in [6.07, 6.45) is -0.0561. The Morgan fingerprint density at radius 1 is 1.21 bits per heavy atom. The molecule has 0 radical (unpaired) electrons. The minimum Gasteiger partial charge on any atom is -0.294 e. The molecule has 0 heterocycles. The molecule has 0 aliphatic rings. The number of carbonyl (C=O) groups excluding carboxylic acids is 1. The number of aryl methyl sites for hydroxylation is 1. The van der Waals surface area contributed by atoms with Crippen LogP contribution in [0.25, 0.3) is 0 Å². The van der Waals surface area contributed by atoms with Crippen molar-refractivity contribution in [2.45, 2.75) is 13.3 Å². The molecule has 0 amide bonds. The second-order valence-electron chi connectivity index (χ2n) is 4.30. The Bertz CT molecular complexity index is 638. The monoisotopic (exact) mass is 280 g/mol. The minimum atomic E-state index is -1.12. The van der Waals surface area contributed by atoms with E-state index in [1.807, 2.05) is 13.0 Å². The van der Waals surface area contributed by atoms with Crippen molar-refractivity contribution >= 4 is 17.4 Å². The van der Waals surface area contributed by atoms with Crippen LogP contribution < -0.4 is 0 Å². The van der Waals surface area contributed by atoms with Crippen molar-refractivity contribution in [1.29, 1.82) is 0 Å². The van der Waals surface area contributed by atoms with Crippen LogP contribution in [0.5, 0.6) is 0 Å². The fourth-order valence-electron chi connectivity index (χ4n) is 1.78. The standard InChI is InChI=1S/C15H11ClF2O/c1-9-5-6-10(12(16)7-9)8-14(19)11-3-2-4-13(17)15(11)18/h2-7H,8H2,1H3. The molecular weight excluding hydrogens is 270 g/mol. The minimum absolute atomic E-state index is 0.0561. The SMILES string of the molecule is Cc1ccc(CC(=O)c2cccc(F)c2F)c(Cl)c1. The van der Waals surface area contributed by atoms with E-state index in [9.17, 15) is 13.6 Å². The Labute approximate surface area is 114 Å². The smallest absolute Gasteiger partial charge is 0.170 e. The summed E-state index contributed by atoms with van der Waals surface area (Å²) >= 11 is 6.01. The van der Waals surface area contributed by atoms with Crippen LogP contribution in [0.1, 0.15) is 21.5 Å². The molecule has 98 valence electrons. The van der Waals surface area contributed by atoms with E-state index >= 15 is 0 Å². The third-order valence-corrected chi connectivity index (χ3v) is 3.16. The van der Waals surface area contributed by atoms with Gasteiger partial charge in [-0.1, -0.05) is 29.8 Å². The van der Waals surface area contributed by atoms with Crippen LogP contribution in [0, 0.1) is 18.6 Å². The molecule has 0 atom stereocenters. The molecule has 2 rings (SSSR count). The zero-order valence-electron chi connectivity index (χ0n) is 10.2. The highest BCUT2D eigenvalue weighted by molar-refractivity contribution is 6.31. The Morgan fingerprint density at radius 2 is 1.95 bits per heavy atom. The molecule has 0 aliphatic carbocycles. The summed E-state index contributed by atoms with van der Waals surface area (Å²) in [5.74, 6) is -2.64. The van der Waals surface area contributed by atoms with Gasteiger partial charge in [0.2, 0.25) is 0 Å². The highest BCUT2D eigenvalue weighted by Gasteiger charge is 2.16. The number of Topliss-reactive ketones (excluding diaryl/α,β-unsaturated/α-hetero) is 1. The van der Waals surface area contributed by atoms with Crippen molar-refractivity contribution in [2.75, 3.05) is 0 Å². The Morgan fingerprint density at radius 3 is 2.63 bits per heavy atom. The van der Waals surface area contributed by atoms with Gasteiger partial charge in [-0.2, -0.15) is 0 Å². The molecule has 1 nitrogen and oxygen atoms in total. The topological polar surface area (TPSA) is 17.1 Å². The summed E-state index contributed by atoms with van der Waals surface area (Å²) < 4.78 is 26.5. The summed E-state index contributed by atoms with van der Waals surface area (Å²) in [5.41, 5.74) is 1.32. The van der Waals surface area contributed by atoms with Gasteiger partial charge in [0.15, 0.2) is 17.4 Å². The molecule has 0 N–H and O–H groups in total. The number of hydrogen-bond acceptors (Lipinski definition) is 1. The zero-order chi connectivity index (χ0) is 14.0. The molecule has 0 spiro atoms. The van der Waals surface area contributed by atoms with Crippen molar-refractivity contribution in [3.63, 3.8) is 0 Å². The lowest BCUT2D eigenvalue weighted by Gasteiger charge is -2.06. The zero-order valence-corrected chi connectivity index (χ0v) is 11.0. The maximum atomic E-state index is 13.5. The van der Waals surface area contributed by atoms with E-state index in [0.717, 1.165) is 11.6 Å². The number of halogens is 3. The number of ketones is 1. The van der Waals surface area contributed by atoms with E-state index in [-0.39, 0.29) is 12.0 Å².